The third-order valence-corrected chi connectivity index (χ3v) is 1.54. The highest BCUT2D eigenvalue weighted by Gasteiger charge is 2.05. The highest BCUT2D eigenvalue weighted by Crippen LogP contribution is 2.14. The third kappa shape index (κ3) is 0.695. The average molecular weight is 123 g/mol. The van der Waals surface area contributed by atoms with Crippen LogP contribution in [0.25, 0.3) is 0 Å². The number of aromatic nitrogens is 1. The van der Waals surface area contributed by atoms with Gasteiger partial charge in [-0.15, -0.1) is 0 Å². The molecule has 1 aliphatic rings. The summed E-state index contributed by atoms with van der Waals surface area (Å²) >= 11 is 0. The highest BCUT2D eigenvalue weighted by atomic mass is 15.1. The van der Waals surface area contributed by atoms with Gasteiger partial charge in [-0.1, -0.05) is 0 Å². The van der Waals surface area contributed by atoms with Crippen molar-refractivity contribution in [2.24, 2.45) is 0 Å². The van der Waals surface area contributed by atoms with Crippen LogP contribution >= 0.6 is 0 Å². The Bertz CT molecular complexity index is 183. The molecule has 0 spiro atoms. The van der Waals surface area contributed by atoms with E-state index in [-0.39, 0.29) is 0 Å². The van der Waals surface area contributed by atoms with Gasteiger partial charge in [0.2, 0.25) is 0 Å². The fourth-order valence-corrected chi connectivity index (χ4v) is 1.06. The molecule has 3 heteroatoms. The maximum Gasteiger partial charge on any atom is 0.0656 e. The van der Waals surface area contributed by atoms with Crippen molar-refractivity contribution in [3.8, 4) is 0 Å². The first-order chi connectivity index (χ1) is 4.47. The topological polar surface area (TPSA) is 39.9 Å². The van der Waals surface area contributed by atoms with E-state index in [1.807, 2.05) is 6.20 Å². The first-order valence-electron chi connectivity index (χ1n) is 3.07. The predicted octanol–water partition coefficient (Wildman–Crippen LogP) is 0.487. The van der Waals surface area contributed by atoms with E-state index < -0.39 is 0 Å². The molecule has 0 atom stereocenters. The summed E-state index contributed by atoms with van der Waals surface area (Å²) in [5.41, 5.74) is 2.48. The van der Waals surface area contributed by atoms with E-state index in [9.17, 15) is 0 Å². The summed E-state index contributed by atoms with van der Waals surface area (Å²) in [6, 6.07) is 2.05. The number of aromatic amines is 1. The Labute approximate surface area is 53.5 Å². The number of rotatable bonds is 0. The van der Waals surface area contributed by atoms with Crippen LogP contribution in [-0.4, -0.2) is 11.7 Å². The molecule has 3 N–H and O–H groups in total. The molecule has 0 saturated carbocycles. The molecule has 1 aliphatic heterocycles. The molecular weight excluding hydrogens is 114 g/mol. The van der Waals surface area contributed by atoms with Gasteiger partial charge < -0.3 is 10.3 Å². The molecule has 0 saturated heterocycles. The van der Waals surface area contributed by atoms with Crippen molar-refractivity contribution in [2.45, 2.75) is 6.54 Å². The minimum atomic E-state index is 0.880. The Morgan fingerprint density at radius 2 is 2.44 bits per heavy atom. The maximum absolute atomic E-state index is 3.20. The molecule has 2 heterocycles. The van der Waals surface area contributed by atoms with Gasteiger partial charge in [-0.2, -0.15) is 0 Å². The number of hydrogen-bond acceptors (Lipinski definition) is 2. The molecule has 1 aromatic rings. The van der Waals surface area contributed by atoms with Gasteiger partial charge in [0, 0.05) is 12.7 Å². The molecule has 0 amide bonds. The molecule has 3 nitrogen and oxygen atoms in total. The smallest absolute Gasteiger partial charge is 0.0656 e. The number of hydrogen-bond donors (Lipinski definition) is 3. The van der Waals surface area contributed by atoms with Gasteiger partial charge in [0.1, 0.15) is 0 Å². The standard InChI is InChI=1S/C6H9N3/c1-2-8-6-3-7-4-9-5(1)6/h1-2,7-9H,3-4H2. The summed E-state index contributed by atoms with van der Waals surface area (Å²) in [7, 11) is 0. The minimum Gasteiger partial charge on any atom is -0.371 e. The fraction of sp³-hybridized carbons (Fsp3) is 0.333. The second-order valence-corrected chi connectivity index (χ2v) is 2.15. The summed E-state index contributed by atoms with van der Waals surface area (Å²) in [6.07, 6.45) is 1.95. The third-order valence-electron chi connectivity index (χ3n) is 1.54. The lowest BCUT2D eigenvalue weighted by Gasteiger charge is -2.14. The van der Waals surface area contributed by atoms with Crippen LogP contribution in [0.5, 0.6) is 0 Å². The van der Waals surface area contributed by atoms with Gasteiger partial charge in [0.05, 0.1) is 18.1 Å². The van der Waals surface area contributed by atoms with Gasteiger partial charge in [0.15, 0.2) is 0 Å². The Hall–Kier alpha value is -0.960. The van der Waals surface area contributed by atoms with Crippen LogP contribution in [0.15, 0.2) is 12.3 Å². The van der Waals surface area contributed by atoms with E-state index >= 15 is 0 Å². The summed E-state index contributed by atoms with van der Waals surface area (Å²) in [4.78, 5) is 3.13. The molecule has 0 radical (unpaired) electrons. The second kappa shape index (κ2) is 1.77. The van der Waals surface area contributed by atoms with Crippen LogP contribution in [0.3, 0.4) is 0 Å². The van der Waals surface area contributed by atoms with Crippen LogP contribution < -0.4 is 10.6 Å². The Morgan fingerprint density at radius 1 is 1.44 bits per heavy atom. The summed E-state index contributed by atoms with van der Waals surface area (Å²) in [5.74, 6) is 0. The van der Waals surface area contributed by atoms with Crippen LogP contribution in [0.4, 0.5) is 5.69 Å². The molecule has 0 unspecified atom stereocenters. The van der Waals surface area contributed by atoms with E-state index in [1.165, 1.54) is 11.4 Å². The van der Waals surface area contributed by atoms with Gasteiger partial charge in [-0.05, 0) is 6.07 Å². The Morgan fingerprint density at radius 3 is 3.33 bits per heavy atom. The van der Waals surface area contributed by atoms with E-state index in [0.29, 0.717) is 0 Å². The van der Waals surface area contributed by atoms with Gasteiger partial charge in [0.25, 0.3) is 0 Å². The zero-order valence-electron chi connectivity index (χ0n) is 5.07. The van der Waals surface area contributed by atoms with E-state index in [4.69, 9.17) is 0 Å². The highest BCUT2D eigenvalue weighted by molar-refractivity contribution is 5.49. The van der Waals surface area contributed by atoms with Crippen molar-refractivity contribution in [2.75, 3.05) is 12.0 Å². The number of anilines is 1. The number of fused-ring (bicyclic) bond motifs is 1. The maximum atomic E-state index is 3.20. The van der Waals surface area contributed by atoms with Crippen molar-refractivity contribution < 1.29 is 0 Å². The van der Waals surface area contributed by atoms with Gasteiger partial charge in [-0.3, -0.25) is 5.32 Å². The zero-order chi connectivity index (χ0) is 6.10. The van der Waals surface area contributed by atoms with Crippen LogP contribution in [0, 0.1) is 0 Å². The first-order valence-corrected chi connectivity index (χ1v) is 3.07. The zero-order valence-corrected chi connectivity index (χ0v) is 5.07. The quantitative estimate of drug-likeness (QED) is 0.469. The Kier molecular flexibility index (Phi) is 0.960. The summed E-state index contributed by atoms with van der Waals surface area (Å²) in [6.45, 7) is 1.83. The van der Waals surface area contributed by atoms with Crippen molar-refractivity contribution in [1.29, 1.82) is 0 Å². The van der Waals surface area contributed by atoms with Crippen molar-refractivity contribution >= 4 is 5.69 Å². The average Bonchev–Trinajstić information content (AvgIpc) is 2.33. The first kappa shape index (κ1) is 4.88. The molecule has 1 aromatic heterocycles. The van der Waals surface area contributed by atoms with Crippen LogP contribution in [0.1, 0.15) is 5.69 Å². The Balaban J connectivity index is 2.39. The molecule has 0 aliphatic carbocycles. The van der Waals surface area contributed by atoms with Crippen molar-refractivity contribution in [1.82, 2.24) is 10.3 Å². The minimum absolute atomic E-state index is 0.880. The molecule has 0 fully saturated rings. The number of H-pyrrole nitrogens is 1. The van der Waals surface area contributed by atoms with Crippen molar-refractivity contribution in [3.05, 3.63) is 18.0 Å². The fourth-order valence-electron chi connectivity index (χ4n) is 1.06. The molecule has 2 rings (SSSR count). The van der Waals surface area contributed by atoms with Crippen LogP contribution in [0.2, 0.25) is 0 Å². The van der Waals surface area contributed by atoms with Gasteiger partial charge >= 0.3 is 0 Å². The van der Waals surface area contributed by atoms with E-state index in [0.717, 1.165) is 13.2 Å². The van der Waals surface area contributed by atoms with E-state index in [1.54, 1.807) is 0 Å². The largest absolute Gasteiger partial charge is 0.371 e. The SMILES string of the molecule is c1cc2c([nH]1)CNCN2. The van der Waals surface area contributed by atoms with Gasteiger partial charge in [-0.25, -0.2) is 0 Å². The predicted molar refractivity (Wildman–Crippen MR) is 36.1 cm³/mol. The van der Waals surface area contributed by atoms with Crippen LogP contribution in [-0.2, 0) is 6.54 Å². The van der Waals surface area contributed by atoms with E-state index in [2.05, 4.69) is 21.7 Å². The number of nitrogens with one attached hydrogen (secondary N) is 3. The lowest BCUT2D eigenvalue weighted by Crippen LogP contribution is -2.26. The monoisotopic (exact) mass is 123 g/mol. The second-order valence-electron chi connectivity index (χ2n) is 2.15. The summed E-state index contributed by atoms with van der Waals surface area (Å²) in [5, 5.41) is 6.38. The lowest BCUT2D eigenvalue weighted by atomic mass is 10.3. The van der Waals surface area contributed by atoms with Crippen molar-refractivity contribution in [3.63, 3.8) is 0 Å². The molecular formula is C6H9N3. The molecule has 9 heavy (non-hydrogen) atoms. The normalized spacial score (nSPS) is 16.4. The molecule has 0 aromatic carbocycles. The lowest BCUT2D eigenvalue weighted by molar-refractivity contribution is 0.697. The summed E-state index contributed by atoms with van der Waals surface area (Å²) < 4.78 is 0. The molecule has 0 bridgehead atoms. The molecule has 48 valence electrons.